The van der Waals surface area contributed by atoms with Crippen LogP contribution in [0.2, 0.25) is 0 Å². The molecule has 6 heteroatoms. The van der Waals surface area contributed by atoms with Crippen LogP contribution in [0.25, 0.3) is 0 Å². The van der Waals surface area contributed by atoms with Gasteiger partial charge in [-0.05, 0) is 0 Å². The van der Waals surface area contributed by atoms with E-state index >= 15 is 0 Å². The molecule has 36 valence electrons. The van der Waals surface area contributed by atoms with Crippen LogP contribution in [0.1, 0.15) is 2.85 Å². The fourth-order valence-electron chi connectivity index (χ4n) is 0. The first-order valence-corrected chi connectivity index (χ1v) is 2.16. The van der Waals surface area contributed by atoms with Gasteiger partial charge in [0.1, 0.15) is 0 Å². The third-order valence-electron chi connectivity index (χ3n) is 0. The van der Waals surface area contributed by atoms with Gasteiger partial charge in [-0.3, -0.25) is 4.89 Å². The van der Waals surface area contributed by atoms with Gasteiger partial charge < -0.3 is 2.85 Å². The summed E-state index contributed by atoms with van der Waals surface area (Å²) in [7, 11) is -5.64. The molecule has 0 aliphatic rings. The van der Waals surface area contributed by atoms with E-state index in [0.29, 0.717) is 0 Å². The molecule has 1 N–H and O–H groups in total. The minimum absolute atomic E-state index is 0. The van der Waals surface area contributed by atoms with Gasteiger partial charge in [0.25, 0.3) is 0 Å². The van der Waals surface area contributed by atoms with E-state index in [0.717, 1.165) is 0 Å². The summed E-state index contributed by atoms with van der Waals surface area (Å²) < 4.78 is 28.7. The fraction of sp³-hybridized carbons (Fsp3) is 0. The van der Waals surface area contributed by atoms with Crippen molar-refractivity contribution in [1.29, 1.82) is 0 Å². The summed E-state index contributed by atoms with van der Waals surface area (Å²) in [6.45, 7) is 0. The second kappa shape index (κ2) is 2.90. The van der Waals surface area contributed by atoms with E-state index in [1.165, 1.54) is 0 Å². The van der Waals surface area contributed by atoms with Crippen LogP contribution in [0.3, 0.4) is 0 Å². The summed E-state index contributed by atoms with van der Waals surface area (Å²) >= 11 is 0. The molecule has 0 spiro atoms. The van der Waals surface area contributed by atoms with Crippen molar-refractivity contribution in [2.75, 3.05) is 0 Å². The molecule has 2 nitrogen and oxygen atoms in total. The van der Waals surface area contributed by atoms with Crippen LogP contribution >= 0.6 is 7.99 Å². The average Bonchev–Trinajstić information content (AvgIpc) is 0.722. The standard InChI is InChI=1S/F2HO2P.Mg.2H/c1-5(2,3)4;;;/h(H,3,4);;;/q;+2;2*-1. The molecule has 0 bridgehead atoms. The van der Waals surface area contributed by atoms with Gasteiger partial charge in [-0.25, -0.2) is 4.57 Å². The Morgan fingerprint density at radius 3 is 1.67 bits per heavy atom. The third kappa shape index (κ3) is 105. The third-order valence-corrected chi connectivity index (χ3v) is 0. The number of hydrogen-bond donors (Lipinski definition) is 1. The summed E-state index contributed by atoms with van der Waals surface area (Å²) in [6.07, 6.45) is 0. The van der Waals surface area contributed by atoms with Crippen LogP contribution in [0.4, 0.5) is 8.39 Å². The van der Waals surface area contributed by atoms with E-state index in [2.05, 4.69) is 0 Å². The molecule has 0 aliphatic carbocycles. The molecular weight excluding hydrogens is 125 g/mol. The zero-order valence-corrected chi connectivity index (χ0v) is 5.07. The number of hydrogen-bond acceptors (Lipinski definition) is 1. The van der Waals surface area contributed by atoms with Crippen molar-refractivity contribution >= 4 is 31.0 Å². The number of rotatable bonds is 0. The van der Waals surface area contributed by atoms with Crippen LogP contribution < -0.4 is 0 Å². The van der Waals surface area contributed by atoms with Crippen molar-refractivity contribution in [2.24, 2.45) is 0 Å². The first-order valence-electron chi connectivity index (χ1n) is 0.721. The second-order valence-corrected chi connectivity index (χ2v) is 1.30. The maximum absolute atomic E-state index is 10.1. The largest absolute Gasteiger partial charge is 2.00 e. The van der Waals surface area contributed by atoms with E-state index in [9.17, 15) is 8.39 Å². The van der Waals surface area contributed by atoms with Crippen LogP contribution in [-0.4, -0.2) is 27.9 Å². The Morgan fingerprint density at radius 1 is 1.67 bits per heavy atom. The van der Waals surface area contributed by atoms with E-state index in [1.54, 1.807) is 0 Å². The van der Waals surface area contributed by atoms with Crippen molar-refractivity contribution in [3.63, 3.8) is 0 Å². The summed E-state index contributed by atoms with van der Waals surface area (Å²) in [5.41, 5.74) is 0. The van der Waals surface area contributed by atoms with Crippen LogP contribution in [-0.2, 0) is 4.57 Å². The van der Waals surface area contributed by atoms with Gasteiger partial charge in [0, 0.05) is 0 Å². The molecule has 0 fully saturated rings. The SMILES string of the molecule is O=P(O)(F)F.[H-].[H-].[Mg+2]. The molecule has 0 saturated carbocycles. The molecule has 0 aromatic carbocycles. The van der Waals surface area contributed by atoms with Crippen LogP contribution in [0.5, 0.6) is 0 Å². The van der Waals surface area contributed by atoms with Crippen LogP contribution in [0, 0.1) is 0 Å². The van der Waals surface area contributed by atoms with E-state index in [1.807, 2.05) is 0 Å². The maximum atomic E-state index is 10.1. The Hall–Kier alpha value is 0.816. The Morgan fingerprint density at radius 2 is 1.67 bits per heavy atom. The molecule has 0 rings (SSSR count). The average molecular weight is 128 g/mol. The van der Waals surface area contributed by atoms with E-state index in [-0.39, 0.29) is 25.9 Å². The Balaban J connectivity index is -0.0000000267. The summed E-state index contributed by atoms with van der Waals surface area (Å²) in [6, 6.07) is 0. The van der Waals surface area contributed by atoms with Crippen molar-refractivity contribution < 1.29 is 20.7 Å². The van der Waals surface area contributed by atoms with Crippen molar-refractivity contribution in [3.05, 3.63) is 0 Å². The molecule has 0 amide bonds. The Kier molecular flexibility index (Phi) is 4.81. The summed E-state index contributed by atoms with van der Waals surface area (Å²) in [5, 5.41) is 0. The molecule has 0 radical (unpaired) electrons. The van der Waals surface area contributed by atoms with Gasteiger partial charge in [-0.1, -0.05) is 0 Å². The molecule has 0 aliphatic heterocycles. The van der Waals surface area contributed by atoms with Gasteiger partial charge in [-0.15, -0.1) is 8.39 Å². The van der Waals surface area contributed by atoms with Crippen molar-refractivity contribution in [1.82, 2.24) is 0 Å². The minimum Gasteiger partial charge on any atom is -1.00 e. The molecule has 0 aromatic rings. The topological polar surface area (TPSA) is 37.3 Å². The van der Waals surface area contributed by atoms with E-state index < -0.39 is 7.99 Å². The van der Waals surface area contributed by atoms with Crippen LogP contribution in [0.15, 0.2) is 0 Å². The summed E-state index contributed by atoms with van der Waals surface area (Å²) in [4.78, 5) is 6.74. The summed E-state index contributed by atoms with van der Waals surface area (Å²) in [5.74, 6) is 0. The zero-order valence-electron chi connectivity index (χ0n) is 4.77. The molecule has 6 heavy (non-hydrogen) atoms. The molecule has 0 unspecified atom stereocenters. The normalized spacial score (nSPS) is 9.83. The van der Waals surface area contributed by atoms with Gasteiger partial charge >= 0.3 is 31.0 Å². The first-order chi connectivity index (χ1) is 2.00. The van der Waals surface area contributed by atoms with Crippen molar-refractivity contribution in [3.8, 4) is 0 Å². The first kappa shape index (κ1) is 9.94. The molecule has 0 heterocycles. The zero-order chi connectivity index (χ0) is 4.50. The van der Waals surface area contributed by atoms with E-state index in [4.69, 9.17) is 9.46 Å². The molecule has 0 saturated heterocycles. The van der Waals surface area contributed by atoms with Gasteiger partial charge in [0.05, 0.1) is 0 Å². The fourth-order valence-corrected chi connectivity index (χ4v) is 0. The molecule has 0 atom stereocenters. The monoisotopic (exact) mass is 128 g/mol. The number of halogens is 2. The van der Waals surface area contributed by atoms with Gasteiger partial charge in [0.15, 0.2) is 0 Å². The second-order valence-electron chi connectivity index (χ2n) is 0.435. The molecular formula is H3F2MgO2P. The quantitative estimate of drug-likeness (QED) is 0.388. The van der Waals surface area contributed by atoms with Gasteiger partial charge in [0.2, 0.25) is 0 Å². The smallest absolute Gasteiger partial charge is 1.00 e. The van der Waals surface area contributed by atoms with Crippen molar-refractivity contribution in [2.45, 2.75) is 0 Å². The maximum Gasteiger partial charge on any atom is 2.00 e. The predicted molar refractivity (Wildman–Crippen MR) is 20.0 cm³/mol. The van der Waals surface area contributed by atoms with Gasteiger partial charge in [-0.2, -0.15) is 0 Å². The minimum atomic E-state index is -5.64. The predicted octanol–water partition coefficient (Wildman–Crippen LogP) is 0.870. The Labute approximate surface area is 52.4 Å². The Bertz CT molecular complexity index is 64.2. The molecule has 0 aromatic heterocycles.